The maximum Gasteiger partial charge on any atom is 0.257 e. The Hall–Kier alpha value is -0.910. The SMILES string of the molecule is O=C(Nc1ncc(Br)s1)c1ccc(CCl)cc1. The first-order valence-electron chi connectivity index (χ1n) is 4.76. The van der Waals surface area contributed by atoms with Crippen LogP contribution in [-0.4, -0.2) is 10.9 Å². The molecular formula is C11H8BrClN2OS. The van der Waals surface area contributed by atoms with Gasteiger partial charge in [0.05, 0.1) is 9.98 Å². The van der Waals surface area contributed by atoms with Gasteiger partial charge in [0, 0.05) is 11.4 Å². The number of benzene rings is 1. The highest BCUT2D eigenvalue weighted by molar-refractivity contribution is 9.11. The second-order valence-electron chi connectivity index (χ2n) is 3.25. The van der Waals surface area contributed by atoms with Gasteiger partial charge < -0.3 is 0 Å². The number of thiazole rings is 1. The molecule has 2 rings (SSSR count). The summed E-state index contributed by atoms with van der Waals surface area (Å²) in [4.78, 5) is 15.9. The van der Waals surface area contributed by atoms with Crippen molar-refractivity contribution < 1.29 is 4.79 Å². The van der Waals surface area contributed by atoms with Gasteiger partial charge in [0.15, 0.2) is 5.13 Å². The Morgan fingerprint density at radius 1 is 1.41 bits per heavy atom. The monoisotopic (exact) mass is 330 g/mol. The molecular weight excluding hydrogens is 324 g/mol. The van der Waals surface area contributed by atoms with Gasteiger partial charge in [-0.15, -0.1) is 11.6 Å². The fraction of sp³-hybridized carbons (Fsp3) is 0.0909. The second kappa shape index (κ2) is 5.62. The molecule has 0 unspecified atom stereocenters. The molecule has 1 aromatic heterocycles. The number of carbonyl (C=O) groups is 1. The first kappa shape index (κ1) is 12.5. The van der Waals surface area contributed by atoms with Gasteiger partial charge >= 0.3 is 0 Å². The largest absolute Gasteiger partial charge is 0.298 e. The number of amides is 1. The fourth-order valence-corrected chi connectivity index (χ4v) is 2.51. The van der Waals surface area contributed by atoms with E-state index in [1.165, 1.54) is 11.3 Å². The minimum atomic E-state index is -0.173. The van der Waals surface area contributed by atoms with E-state index in [2.05, 4.69) is 26.2 Å². The quantitative estimate of drug-likeness (QED) is 0.867. The van der Waals surface area contributed by atoms with Crippen LogP contribution in [0, 0.1) is 0 Å². The summed E-state index contributed by atoms with van der Waals surface area (Å²) >= 11 is 10.3. The van der Waals surface area contributed by atoms with E-state index in [0.717, 1.165) is 9.35 Å². The van der Waals surface area contributed by atoms with E-state index in [-0.39, 0.29) is 5.91 Å². The molecule has 0 saturated heterocycles. The topological polar surface area (TPSA) is 42.0 Å². The number of aromatic nitrogens is 1. The molecule has 17 heavy (non-hydrogen) atoms. The van der Waals surface area contributed by atoms with Crippen LogP contribution >= 0.6 is 38.9 Å². The molecule has 0 spiro atoms. The zero-order valence-corrected chi connectivity index (χ0v) is 11.8. The first-order chi connectivity index (χ1) is 8.19. The summed E-state index contributed by atoms with van der Waals surface area (Å²) in [7, 11) is 0. The molecule has 0 bridgehead atoms. The van der Waals surface area contributed by atoms with Crippen molar-refractivity contribution in [3.05, 3.63) is 45.4 Å². The normalized spacial score (nSPS) is 10.2. The van der Waals surface area contributed by atoms with Gasteiger partial charge in [-0.2, -0.15) is 0 Å². The van der Waals surface area contributed by atoms with E-state index in [4.69, 9.17) is 11.6 Å². The maximum atomic E-state index is 11.8. The van der Waals surface area contributed by atoms with Crippen LogP contribution in [0.5, 0.6) is 0 Å². The summed E-state index contributed by atoms with van der Waals surface area (Å²) < 4.78 is 0.880. The van der Waals surface area contributed by atoms with Gasteiger partial charge in [0.1, 0.15) is 0 Å². The third-order valence-electron chi connectivity index (χ3n) is 2.07. The molecule has 0 saturated carbocycles. The molecule has 1 heterocycles. The Bertz CT molecular complexity index is 527. The van der Waals surface area contributed by atoms with Gasteiger partial charge in [0.2, 0.25) is 0 Å². The number of hydrogen-bond donors (Lipinski definition) is 1. The van der Waals surface area contributed by atoms with Crippen molar-refractivity contribution >= 4 is 49.9 Å². The van der Waals surface area contributed by atoms with Crippen molar-refractivity contribution in [2.45, 2.75) is 5.88 Å². The summed E-state index contributed by atoms with van der Waals surface area (Å²) in [5, 5.41) is 3.29. The van der Waals surface area contributed by atoms with Crippen molar-refractivity contribution in [1.29, 1.82) is 0 Å². The third kappa shape index (κ3) is 3.28. The number of nitrogens with one attached hydrogen (secondary N) is 1. The highest BCUT2D eigenvalue weighted by Crippen LogP contribution is 2.23. The molecule has 0 atom stereocenters. The first-order valence-corrected chi connectivity index (χ1v) is 6.91. The molecule has 0 radical (unpaired) electrons. The number of alkyl halides is 1. The molecule has 0 aliphatic rings. The molecule has 6 heteroatoms. The van der Waals surface area contributed by atoms with E-state index in [9.17, 15) is 4.79 Å². The number of halogens is 2. The lowest BCUT2D eigenvalue weighted by Gasteiger charge is -2.02. The van der Waals surface area contributed by atoms with Crippen LogP contribution in [0.3, 0.4) is 0 Å². The predicted molar refractivity (Wildman–Crippen MR) is 73.8 cm³/mol. The number of anilines is 1. The van der Waals surface area contributed by atoms with E-state index in [1.54, 1.807) is 18.3 Å². The molecule has 1 amide bonds. The average molecular weight is 332 g/mol. The Morgan fingerprint density at radius 3 is 2.65 bits per heavy atom. The number of carbonyl (C=O) groups excluding carboxylic acids is 1. The molecule has 1 aromatic carbocycles. The van der Waals surface area contributed by atoms with Gasteiger partial charge in [-0.05, 0) is 33.6 Å². The summed E-state index contributed by atoms with van der Waals surface area (Å²) in [5.74, 6) is 0.273. The molecule has 0 fully saturated rings. The van der Waals surface area contributed by atoms with E-state index >= 15 is 0 Å². The highest BCUT2D eigenvalue weighted by atomic mass is 79.9. The summed E-state index contributed by atoms with van der Waals surface area (Å²) in [6, 6.07) is 7.16. The van der Waals surface area contributed by atoms with Crippen molar-refractivity contribution in [2.75, 3.05) is 5.32 Å². The Balaban J connectivity index is 2.09. The van der Waals surface area contributed by atoms with E-state index in [0.29, 0.717) is 16.6 Å². The zero-order valence-electron chi connectivity index (χ0n) is 8.61. The minimum Gasteiger partial charge on any atom is -0.298 e. The number of rotatable bonds is 3. The molecule has 3 nitrogen and oxygen atoms in total. The van der Waals surface area contributed by atoms with Crippen LogP contribution in [0.15, 0.2) is 34.2 Å². The lowest BCUT2D eigenvalue weighted by atomic mass is 10.1. The molecule has 0 aliphatic heterocycles. The van der Waals surface area contributed by atoms with Crippen LogP contribution in [0.2, 0.25) is 0 Å². The highest BCUT2D eigenvalue weighted by Gasteiger charge is 2.08. The second-order valence-corrected chi connectivity index (χ2v) is 5.93. The summed E-state index contributed by atoms with van der Waals surface area (Å²) in [6.07, 6.45) is 1.65. The van der Waals surface area contributed by atoms with Crippen molar-refractivity contribution in [1.82, 2.24) is 4.98 Å². The average Bonchev–Trinajstić information content (AvgIpc) is 2.75. The zero-order chi connectivity index (χ0) is 12.3. The van der Waals surface area contributed by atoms with Crippen LogP contribution < -0.4 is 5.32 Å². The van der Waals surface area contributed by atoms with Gasteiger partial charge in [-0.3, -0.25) is 10.1 Å². The predicted octanol–water partition coefficient (Wildman–Crippen LogP) is 3.90. The van der Waals surface area contributed by atoms with Gasteiger partial charge in [-0.1, -0.05) is 23.5 Å². The lowest BCUT2D eigenvalue weighted by Crippen LogP contribution is -2.11. The van der Waals surface area contributed by atoms with Gasteiger partial charge in [-0.25, -0.2) is 4.98 Å². The Morgan fingerprint density at radius 2 is 2.12 bits per heavy atom. The van der Waals surface area contributed by atoms with Crippen LogP contribution in [-0.2, 0) is 5.88 Å². The van der Waals surface area contributed by atoms with Crippen molar-refractivity contribution in [3.8, 4) is 0 Å². The van der Waals surface area contributed by atoms with Crippen molar-refractivity contribution in [3.63, 3.8) is 0 Å². The van der Waals surface area contributed by atoms with Gasteiger partial charge in [0.25, 0.3) is 5.91 Å². The standard InChI is InChI=1S/C11H8BrClN2OS/c12-9-6-14-11(17-9)15-10(16)8-3-1-7(5-13)2-4-8/h1-4,6H,5H2,(H,14,15,16). The Labute approximate surface area is 116 Å². The minimum absolute atomic E-state index is 0.173. The lowest BCUT2D eigenvalue weighted by molar-refractivity contribution is 0.102. The maximum absolute atomic E-state index is 11.8. The van der Waals surface area contributed by atoms with Crippen LogP contribution in [0.1, 0.15) is 15.9 Å². The van der Waals surface area contributed by atoms with Crippen molar-refractivity contribution in [2.24, 2.45) is 0 Å². The smallest absolute Gasteiger partial charge is 0.257 e. The summed E-state index contributed by atoms with van der Waals surface area (Å²) in [6.45, 7) is 0. The fourth-order valence-electron chi connectivity index (χ4n) is 1.23. The Kier molecular flexibility index (Phi) is 4.15. The number of hydrogen-bond acceptors (Lipinski definition) is 3. The van der Waals surface area contributed by atoms with Crippen LogP contribution in [0.4, 0.5) is 5.13 Å². The number of nitrogens with zero attached hydrogens (tertiary/aromatic N) is 1. The third-order valence-corrected chi connectivity index (χ3v) is 3.77. The molecule has 1 N–H and O–H groups in total. The molecule has 0 aliphatic carbocycles. The van der Waals surface area contributed by atoms with Crippen LogP contribution in [0.25, 0.3) is 0 Å². The molecule has 88 valence electrons. The van der Waals surface area contributed by atoms with E-state index < -0.39 is 0 Å². The summed E-state index contributed by atoms with van der Waals surface area (Å²) in [5.41, 5.74) is 1.57. The van der Waals surface area contributed by atoms with E-state index in [1.807, 2.05) is 12.1 Å². The molecule has 2 aromatic rings.